The van der Waals surface area contributed by atoms with Crippen LogP contribution in [0.1, 0.15) is 18.3 Å². The van der Waals surface area contributed by atoms with Gasteiger partial charge in [-0.15, -0.1) is 21.5 Å². The van der Waals surface area contributed by atoms with Crippen LogP contribution >= 0.6 is 23.1 Å². The molecule has 30 heavy (non-hydrogen) atoms. The van der Waals surface area contributed by atoms with Crippen molar-refractivity contribution in [3.05, 3.63) is 63.8 Å². The Hall–Kier alpha value is -2.98. The molecule has 0 spiro atoms. The van der Waals surface area contributed by atoms with Crippen molar-refractivity contribution in [3.8, 4) is 5.69 Å². The summed E-state index contributed by atoms with van der Waals surface area (Å²) in [7, 11) is 1.69. The van der Waals surface area contributed by atoms with E-state index in [1.54, 1.807) is 24.3 Å². The van der Waals surface area contributed by atoms with Gasteiger partial charge in [-0.2, -0.15) is 0 Å². The van der Waals surface area contributed by atoms with Crippen LogP contribution in [0.2, 0.25) is 0 Å². The second-order valence-electron chi connectivity index (χ2n) is 6.65. The maximum absolute atomic E-state index is 12.6. The molecule has 0 radical (unpaired) electrons. The molecule has 3 heterocycles. The zero-order valence-electron chi connectivity index (χ0n) is 16.5. The van der Waals surface area contributed by atoms with Crippen molar-refractivity contribution in [1.29, 1.82) is 0 Å². The molecule has 154 valence electrons. The Morgan fingerprint density at radius 3 is 2.97 bits per heavy atom. The third-order valence-electron chi connectivity index (χ3n) is 4.65. The van der Waals surface area contributed by atoms with Crippen LogP contribution < -0.4 is 5.56 Å². The van der Waals surface area contributed by atoms with Crippen molar-refractivity contribution < 1.29 is 4.79 Å². The number of H-pyrrole nitrogens is 1. The smallest absolute Gasteiger partial charge is 0.268 e. The maximum atomic E-state index is 12.6. The fourth-order valence-corrected chi connectivity index (χ4v) is 4.67. The molecule has 0 fully saturated rings. The van der Waals surface area contributed by atoms with Crippen molar-refractivity contribution in [2.24, 2.45) is 0 Å². The van der Waals surface area contributed by atoms with Crippen LogP contribution in [0.3, 0.4) is 0 Å². The lowest BCUT2D eigenvalue weighted by Gasteiger charge is -2.16. The zero-order valence-corrected chi connectivity index (χ0v) is 18.2. The SMILES string of the molecule is CCc1ccccc1-n1cnnc1SCC(=O)N(C)Cc1nc2ccsc2c(=O)[nH]1. The van der Waals surface area contributed by atoms with E-state index in [4.69, 9.17) is 0 Å². The number of rotatable bonds is 7. The number of para-hydroxylation sites is 1. The molecule has 0 unspecified atom stereocenters. The van der Waals surface area contributed by atoms with E-state index in [9.17, 15) is 9.59 Å². The lowest BCUT2D eigenvalue weighted by Crippen LogP contribution is -2.29. The quantitative estimate of drug-likeness (QED) is 0.444. The Morgan fingerprint density at radius 2 is 2.13 bits per heavy atom. The van der Waals surface area contributed by atoms with Gasteiger partial charge in [0, 0.05) is 7.05 Å². The molecule has 0 atom stereocenters. The van der Waals surface area contributed by atoms with E-state index < -0.39 is 0 Å². The Kier molecular flexibility index (Phi) is 5.96. The molecule has 0 aliphatic rings. The van der Waals surface area contributed by atoms with Gasteiger partial charge in [0.15, 0.2) is 5.16 Å². The summed E-state index contributed by atoms with van der Waals surface area (Å²) in [4.78, 5) is 33.5. The number of carbonyl (C=O) groups excluding carboxylic acids is 1. The molecular formula is C20H20N6O2S2. The summed E-state index contributed by atoms with van der Waals surface area (Å²) in [5.74, 6) is 0.576. The number of hydrogen-bond donors (Lipinski definition) is 1. The van der Waals surface area contributed by atoms with Gasteiger partial charge in [-0.25, -0.2) is 4.98 Å². The third-order valence-corrected chi connectivity index (χ3v) is 6.48. The fourth-order valence-electron chi connectivity index (χ4n) is 3.08. The van der Waals surface area contributed by atoms with Crippen LogP contribution in [0, 0.1) is 0 Å². The van der Waals surface area contributed by atoms with Crippen molar-refractivity contribution in [2.45, 2.75) is 25.0 Å². The van der Waals surface area contributed by atoms with Gasteiger partial charge >= 0.3 is 0 Å². The highest BCUT2D eigenvalue weighted by molar-refractivity contribution is 7.99. The lowest BCUT2D eigenvalue weighted by molar-refractivity contribution is -0.127. The summed E-state index contributed by atoms with van der Waals surface area (Å²) < 4.78 is 2.50. The van der Waals surface area contributed by atoms with Gasteiger partial charge in [0.25, 0.3) is 5.56 Å². The Morgan fingerprint density at radius 1 is 1.30 bits per heavy atom. The molecule has 4 rings (SSSR count). The number of amides is 1. The second-order valence-corrected chi connectivity index (χ2v) is 8.51. The van der Waals surface area contributed by atoms with E-state index in [0.29, 0.717) is 21.2 Å². The Labute approximate surface area is 181 Å². The highest BCUT2D eigenvalue weighted by Gasteiger charge is 2.16. The van der Waals surface area contributed by atoms with E-state index in [1.807, 2.05) is 28.1 Å². The minimum Gasteiger partial charge on any atom is -0.338 e. The average Bonchev–Trinajstić information content (AvgIpc) is 3.41. The van der Waals surface area contributed by atoms with Crippen LogP contribution in [0.25, 0.3) is 15.9 Å². The zero-order chi connectivity index (χ0) is 21.1. The predicted octanol–water partition coefficient (Wildman–Crippen LogP) is 2.88. The molecule has 0 aliphatic heterocycles. The molecule has 3 aromatic heterocycles. The van der Waals surface area contributed by atoms with Crippen LogP contribution in [0.5, 0.6) is 0 Å². The minimum atomic E-state index is -0.178. The largest absolute Gasteiger partial charge is 0.338 e. The first-order valence-electron chi connectivity index (χ1n) is 9.38. The van der Waals surface area contributed by atoms with E-state index >= 15 is 0 Å². The van der Waals surface area contributed by atoms with Gasteiger partial charge in [0.2, 0.25) is 5.91 Å². The number of nitrogens with zero attached hydrogens (tertiary/aromatic N) is 5. The first kappa shape index (κ1) is 20.3. The van der Waals surface area contributed by atoms with Crippen LogP contribution in [0.4, 0.5) is 0 Å². The lowest BCUT2D eigenvalue weighted by atomic mass is 10.1. The number of benzene rings is 1. The molecule has 1 N–H and O–H groups in total. The van der Waals surface area contributed by atoms with E-state index in [2.05, 4.69) is 33.2 Å². The molecule has 0 saturated carbocycles. The maximum Gasteiger partial charge on any atom is 0.268 e. The number of hydrogen-bond acceptors (Lipinski definition) is 7. The predicted molar refractivity (Wildman–Crippen MR) is 118 cm³/mol. The average molecular weight is 441 g/mol. The Balaban J connectivity index is 1.43. The highest BCUT2D eigenvalue weighted by atomic mass is 32.2. The number of aryl methyl sites for hydroxylation is 1. The number of thioether (sulfide) groups is 1. The number of fused-ring (bicyclic) bond motifs is 1. The van der Waals surface area contributed by atoms with Gasteiger partial charge in [-0.05, 0) is 29.5 Å². The van der Waals surface area contributed by atoms with Crippen molar-refractivity contribution in [2.75, 3.05) is 12.8 Å². The highest BCUT2D eigenvalue weighted by Crippen LogP contribution is 2.23. The van der Waals surface area contributed by atoms with Gasteiger partial charge in [0.05, 0.1) is 23.5 Å². The topological polar surface area (TPSA) is 96.8 Å². The van der Waals surface area contributed by atoms with Crippen molar-refractivity contribution >= 4 is 39.2 Å². The summed E-state index contributed by atoms with van der Waals surface area (Å²) in [6, 6.07) is 9.87. The molecule has 1 amide bonds. The summed E-state index contributed by atoms with van der Waals surface area (Å²) in [6.45, 7) is 2.33. The first-order valence-corrected chi connectivity index (χ1v) is 11.2. The van der Waals surface area contributed by atoms with Crippen LogP contribution in [-0.2, 0) is 17.8 Å². The second kappa shape index (κ2) is 8.80. The molecule has 4 aromatic rings. The van der Waals surface area contributed by atoms with Crippen molar-refractivity contribution in [1.82, 2.24) is 29.6 Å². The normalized spacial score (nSPS) is 11.1. The van der Waals surface area contributed by atoms with Crippen molar-refractivity contribution in [3.63, 3.8) is 0 Å². The van der Waals surface area contributed by atoms with E-state index in [0.717, 1.165) is 12.1 Å². The minimum absolute atomic E-state index is 0.0913. The molecule has 1 aromatic carbocycles. The summed E-state index contributed by atoms with van der Waals surface area (Å²) in [5.41, 5.74) is 2.67. The molecule has 0 saturated heterocycles. The summed E-state index contributed by atoms with van der Waals surface area (Å²) in [6.07, 6.45) is 2.55. The molecule has 8 nitrogen and oxygen atoms in total. The number of aromatic amines is 1. The summed E-state index contributed by atoms with van der Waals surface area (Å²) in [5, 5.41) is 10.7. The Bertz CT molecular complexity index is 1250. The van der Waals surface area contributed by atoms with Crippen LogP contribution in [-0.4, -0.2) is 48.3 Å². The standard InChI is InChI=1S/C20H20N6O2S2/c1-3-13-6-4-5-7-15(13)26-12-21-24-20(26)30-11-17(27)25(2)10-16-22-14-8-9-29-18(14)19(28)23-16/h4-9,12H,3,10-11H2,1-2H3,(H,22,23,28). The van der Waals surface area contributed by atoms with E-state index in [-0.39, 0.29) is 23.8 Å². The molecule has 10 heteroatoms. The summed E-state index contributed by atoms with van der Waals surface area (Å²) >= 11 is 2.68. The number of thiophene rings is 1. The number of nitrogens with one attached hydrogen (secondary N) is 1. The van der Waals surface area contributed by atoms with Gasteiger partial charge in [-0.3, -0.25) is 14.2 Å². The monoisotopic (exact) mass is 440 g/mol. The third kappa shape index (κ3) is 4.14. The number of carbonyl (C=O) groups is 1. The van der Waals surface area contributed by atoms with Gasteiger partial charge in [0.1, 0.15) is 16.9 Å². The molecular weight excluding hydrogens is 420 g/mol. The number of aromatic nitrogens is 5. The fraction of sp³-hybridized carbons (Fsp3) is 0.250. The molecule has 0 bridgehead atoms. The van der Waals surface area contributed by atoms with Gasteiger partial charge < -0.3 is 9.88 Å². The van der Waals surface area contributed by atoms with Gasteiger partial charge in [-0.1, -0.05) is 36.9 Å². The molecule has 0 aliphatic carbocycles. The van der Waals surface area contributed by atoms with Crippen LogP contribution in [0.15, 0.2) is 52.0 Å². The first-order chi connectivity index (χ1) is 14.6. The van der Waals surface area contributed by atoms with E-state index in [1.165, 1.54) is 28.7 Å².